The van der Waals surface area contributed by atoms with Crippen LogP contribution in [0.25, 0.3) is 0 Å². The zero-order valence-corrected chi connectivity index (χ0v) is 7.42. The second kappa shape index (κ2) is 2.83. The molecule has 1 aromatic rings. The summed E-state index contributed by atoms with van der Waals surface area (Å²) in [4.78, 5) is 0. The number of hydrogen-bond donors (Lipinski definition) is 0. The number of nitrogens with zero attached hydrogens (tertiary/aromatic N) is 2. The topological polar surface area (TPSA) is 24.7 Å². The summed E-state index contributed by atoms with van der Waals surface area (Å²) >= 11 is 0. The van der Waals surface area contributed by atoms with Gasteiger partial charge in [-0.1, -0.05) is 18.1 Å². The fourth-order valence-corrected chi connectivity index (χ4v) is 1.24. The zero-order valence-electron chi connectivity index (χ0n) is 7.42. The van der Waals surface area contributed by atoms with Gasteiger partial charge in [-0.2, -0.15) is 13.2 Å². The monoisotopic (exact) mass is 210 g/mol. The fraction of sp³-hybridized carbons (Fsp3) is 0.200. The van der Waals surface area contributed by atoms with Gasteiger partial charge in [-0.3, -0.25) is 0 Å². The molecule has 1 heterocycles. The molecule has 76 valence electrons. The highest BCUT2D eigenvalue weighted by atomic mass is 19.4. The molecule has 2 nitrogen and oxygen atoms in total. The largest absolute Gasteiger partial charge is 0.442 e. The lowest BCUT2D eigenvalue weighted by Gasteiger charge is -2.14. The van der Waals surface area contributed by atoms with E-state index in [1.807, 2.05) is 0 Å². The minimum absolute atomic E-state index is 0.00556. The molecule has 0 aromatic heterocycles. The molecule has 0 saturated heterocycles. The Kier molecular flexibility index (Phi) is 1.83. The Balaban J connectivity index is 2.36. The van der Waals surface area contributed by atoms with Crippen LogP contribution in [0.4, 0.5) is 13.2 Å². The van der Waals surface area contributed by atoms with Crippen LogP contribution in [0, 0.1) is 12.3 Å². The standard InChI is InChI=1S/C10H5F3N2/c1-2-7-3-5-8(6-4-7)9(14-15-9)10(11,12)13/h1,3-6H. The molecule has 0 radical (unpaired) electrons. The predicted molar refractivity (Wildman–Crippen MR) is 47.0 cm³/mol. The van der Waals surface area contributed by atoms with Crippen LogP contribution in [0.5, 0.6) is 0 Å². The molecule has 5 heteroatoms. The van der Waals surface area contributed by atoms with Crippen molar-refractivity contribution in [3.8, 4) is 12.3 Å². The van der Waals surface area contributed by atoms with Crippen LogP contribution in [0.3, 0.4) is 0 Å². The second-order valence-electron chi connectivity index (χ2n) is 3.09. The molecule has 0 saturated carbocycles. The highest BCUT2D eigenvalue weighted by molar-refractivity contribution is 5.38. The lowest BCUT2D eigenvalue weighted by atomic mass is 10.0. The van der Waals surface area contributed by atoms with Crippen LogP contribution >= 0.6 is 0 Å². The molecule has 0 aliphatic carbocycles. The molecule has 1 aliphatic rings. The molecule has 2 rings (SSSR count). The molecular formula is C10H5F3N2. The lowest BCUT2D eigenvalue weighted by molar-refractivity contribution is -0.166. The average molecular weight is 210 g/mol. The summed E-state index contributed by atoms with van der Waals surface area (Å²) in [7, 11) is 0. The van der Waals surface area contributed by atoms with Crippen molar-refractivity contribution in [1.29, 1.82) is 0 Å². The van der Waals surface area contributed by atoms with Gasteiger partial charge in [0.15, 0.2) is 0 Å². The number of halogens is 3. The van der Waals surface area contributed by atoms with Gasteiger partial charge in [0.05, 0.1) is 0 Å². The van der Waals surface area contributed by atoms with Gasteiger partial charge in [-0.05, 0) is 12.1 Å². The summed E-state index contributed by atoms with van der Waals surface area (Å²) in [5, 5.41) is 6.16. The van der Waals surface area contributed by atoms with E-state index in [1.165, 1.54) is 24.3 Å². The van der Waals surface area contributed by atoms with E-state index in [0.29, 0.717) is 5.56 Å². The molecule has 15 heavy (non-hydrogen) atoms. The maximum Gasteiger partial charge on any atom is 0.442 e. The summed E-state index contributed by atoms with van der Waals surface area (Å²) in [6.45, 7) is 0. The van der Waals surface area contributed by atoms with Gasteiger partial charge in [0.1, 0.15) is 0 Å². The van der Waals surface area contributed by atoms with Gasteiger partial charge in [-0.15, -0.1) is 16.7 Å². The highest BCUT2D eigenvalue weighted by Crippen LogP contribution is 2.52. The first-order valence-corrected chi connectivity index (χ1v) is 4.07. The smallest absolute Gasteiger partial charge is 0.166 e. The minimum atomic E-state index is -4.48. The number of hydrogen-bond acceptors (Lipinski definition) is 2. The Morgan fingerprint density at radius 1 is 1.13 bits per heavy atom. The number of alkyl halides is 3. The molecule has 0 fully saturated rings. The third kappa shape index (κ3) is 1.38. The van der Waals surface area contributed by atoms with Crippen LogP contribution in [0.1, 0.15) is 11.1 Å². The van der Waals surface area contributed by atoms with Crippen molar-refractivity contribution >= 4 is 0 Å². The molecule has 0 N–H and O–H groups in total. The number of benzene rings is 1. The molecule has 0 unspecified atom stereocenters. The molecule has 0 spiro atoms. The van der Waals surface area contributed by atoms with Crippen molar-refractivity contribution in [3.63, 3.8) is 0 Å². The summed E-state index contributed by atoms with van der Waals surface area (Å²) < 4.78 is 37.6. The Morgan fingerprint density at radius 3 is 2.00 bits per heavy atom. The SMILES string of the molecule is C#Cc1ccc(C2(C(F)(F)F)N=N2)cc1. The maximum absolute atomic E-state index is 12.5. The van der Waals surface area contributed by atoms with E-state index < -0.39 is 11.8 Å². The molecule has 1 aliphatic heterocycles. The number of terminal acetylenes is 1. The first kappa shape index (κ1) is 9.71. The normalized spacial score (nSPS) is 17.2. The van der Waals surface area contributed by atoms with E-state index in [-0.39, 0.29) is 5.56 Å². The van der Waals surface area contributed by atoms with Crippen molar-refractivity contribution in [2.45, 2.75) is 11.8 Å². The van der Waals surface area contributed by atoms with Crippen LogP contribution < -0.4 is 0 Å². The first-order chi connectivity index (χ1) is 6.99. The Hall–Kier alpha value is -1.83. The Bertz CT molecular complexity index is 445. The quantitative estimate of drug-likeness (QED) is 0.637. The minimum Gasteiger partial charge on any atom is -0.166 e. The lowest BCUT2D eigenvalue weighted by Crippen LogP contribution is -2.29. The van der Waals surface area contributed by atoms with Gasteiger partial charge in [0.25, 0.3) is 0 Å². The van der Waals surface area contributed by atoms with E-state index in [0.717, 1.165) is 0 Å². The summed E-state index contributed by atoms with van der Waals surface area (Å²) in [6, 6.07) is 5.46. The average Bonchev–Trinajstić information content (AvgIpc) is 2.98. The van der Waals surface area contributed by atoms with Crippen LogP contribution in [-0.4, -0.2) is 6.18 Å². The van der Waals surface area contributed by atoms with E-state index >= 15 is 0 Å². The molecule has 0 atom stereocenters. The van der Waals surface area contributed by atoms with Crippen molar-refractivity contribution < 1.29 is 13.2 Å². The van der Waals surface area contributed by atoms with Crippen molar-refractivity contribution in [2.75, 3.05) is 0 Å². The third-order valence-corrected chi connectivity index (χ3v) is 2.15. The van der Waals surface area contributed by atoms with Crippen LogP contribution in [0.15, 0.2) is 34.5 Å². The van der Waals surface area contributed by atoms with Gasteiger partial charge < -0.3 is 0 Å². The molecule has 1 aromatic carbocycles. The highest BCUT2D eigenvalue weighted by Gasteiger charge is 2.65. The summed E-state index contributed by atoms with van der Waals surface area (Å²) in [5.74, 6) is 2.32. The Morgan fingerprint density at radius 2 is 1.67 bits per heavy atom. The van der Waals surface area contributed by atoms with Gasteiger partial charge >= 0.3 is 11.8 Å². The number of rotatable bonds is 1. The van der Waals surface area contributed by atoms with E-state index in [2.05, 4.69) is 16.1 Å². The first-order valence-electron chi connectivity index (χ1n) is 4.07. The zero-order chi connectivity index (χ0) is 11.1. The molecule has 0 amide bonds. The summed E-state index contributed by atoms with van der Waals surface area (Å²) in [6.07, 6.45) is 0.610. The van der Waals surface area contributed by atoms with Crippen LogP contribution in [0.2, 0.25) is 0 Å². The molecular weight excluding hydrogens is 205 g/mol. The molecule has 0 bridgehead atoms. The van der Waals surface area contributed by atoms with E-state index in [4.69, 9.17) is 6.42 Å². The summed E-state index contributed by atoms with van der Waals surface area (Å²) in [5.41, 5.74) is -1.83. The maximum atomic E-state index is 12.5. The fourth-order valence-electron chi connectivity index (χ4n) is 1.24. The van der Waals surface area contributed by atoms with E-state index in [1.54, 1.807) is 0 Å². The van der Waals surface area contributed by atoms with Gasteiger partial charge in [0.2, 0.25) is 0 Å². The third-order valence-electron chi connectivity index (χ3n) is 2.15. The van der Waals surface area contributed by atoms with Gasteiger partial charge in [0, 0.05) is 11.1 Å². The van der Waals surface area contributed by atoms with Gasteiger partial charge in [-0.25, -0.2) is 0 Å². The predicted octanol–water partition coefficient (Wildman–Crippen LogP) is 2.85. The van der Waals surface area contributed by atoms with Crippen molar-refractivity contribution in [1.82, 2.24) is 0 Å². The van der Waals surface area contributed by atoms with Crippen molar-refractivity contribution in [2.24, 2.45) is 10.2 Å². The van der Waals surface area contributed by atoms with Crippen LogP contribution in [-0.2, 0) is 5.66 Å². The Labute approximate surface area is 83.8 Å². The van der Waals surface area contributed by atoms with E-state index in [9.17, 15) is 13.2 Å². The van der Waals surface area contributed by atoms with Crippen molar-refractivity contribution in [3.05, 3.63) is 35.4 Å². The second-order valence-corrected chi connectivity index (χ2v) is 3.09.